The van der Waals surface area contributed by atoms with Crippen LogP contribution in [0.25, 0.3) is 0 Å². The van der Waals surface area contributed by atoms with Gasteiger partial charge in [-0.05, 0) is 31.0 Å². The third-order valence-electron chi connectivity index (χ3n) is 4.06. The summed E-state index contributed by atoms with van der Waals surface area (Å²) in [5, 5.41) is 12.3. The van der Waals surface area contributed by atoms with Crippen molar-refractivity contribution in [2.75, 3.05) is 12.4 Å². The molecule has 1 aromatic carbocycles. The van der Waals surface area contributed by atoms with E-state index in [2.05, 4.69) is 10.1 Å². The predicted octanol–water partition coefficient (Wildman–Crippen LogP) is 2.96. The van der Waals surface area contributed by atoms with Crippen LogP contribution in [0.4, 0.5) is 5.69 Å². The Morgan fingerprint density at radius 2 is 1.87 bits per heavy atom. The SMILES string of the molecule is COC(=O)c1cc(Cl)ccc1NC(=O)[C@@H]1CCCC[C@@H]1C(=O)O. The second-order valence-electron chi connectivity index (χ2n) is 5.51. The van der Waals surface area contributed by atoms with Gasteiger partial charge in [-0.1, -0.05) is 24.4 Å². The van der Waals surface area contributed by atoms with Gasteiger partial charge in [0.15, 0.2) is 0 Å². The van der Waals surface area contributed by atoms with Crippen LogP contribution in [0.1, 0.15) is 36.0 Å². The van der Waals surface area contributed by atoms with Gasteiger partial charge in [0, 0.05) is 5.02 Å². The molecule has 1 aliphatic rings. The van der Waals surface area contributed by atoms with Crippen LogP contribution in [0.2, 0.25) is 5.02 Å². The average molecular weight is 340 g/mol. The van der Waals surface area contributed by atoms with Crippen molar-refractivity contribution in [3.63, 3.8) is 0 Å². The molecule has 6 nitrogen and oxygen atoms in total. The van der Waals surface area contributed by atoms with Gasteiger partial charge in [-0.25, -0.2) is 4.79 Å². The summed E-state index contributed by atoms with van der Waals surface area (Å²) in [5.74, 6) is -3.29. The molecule has 1 saturated carbocycles. The number of nitrogens with one attached hydrogen (secondary N) is 1. The molecule has 0 bridgehead atoms. The number of carbonyl (C=O) groups is 3. The molecule has 2 atom stereocenters. The largest absolute Gasteiger partial charge is 0.481 e. The van der Waals surface area contributed by atoms with E-state index in [4.69, 9.17) is 11.6 Å². The van der Waals surface area contributed by atoms with Crippen molar-refractivity contribution in [1.29, 1.82) is 0 Å². The minimum absolute atomic E-state index is 0.135. The summed E-state index contributed by atoms with van der Waals surface area (Å²) < 4.78 is 4.68. The van der Waals surface area contributed by atoms with Crippen molar-refractivity contribution in [2.24, 2.45) is 11.8 Å². The first-order valence-electron chi connectivity index (χ1n) is 7.35. The lowest BCUT2D eigenvalue weighted by molar-refractivity contribution is -0.147. The number of esters is 1. The Balaban J connectivity index is 2.22. The Hall–Kier alpha value is -2.08. The number of methoxy groups -OCH3 is 1. The summed E-state index contributed by atoms with van der Waals surface area (Å²) in [6, 6.07) is 4.45. The smallest absolute Gasteiger partial charge is 0.340 e. The second kappa shape index (κ2) is 7.46. The highest BCUT2D eigenvalue weighted by molar-refractivity contribution is 6.31. The van der Waals surface area contributed by atoms with Gasteiger partial charge in [-0.3, -0.25) is 9.59 Å². The van der Waals surface area contributed by atoms with Crippen LogP contribution in [-0.4, -0.2) is 30.1 Å². The molecule has 2 N–H and O–H groups in total. The average Bonchev–Trinajstić information content (AvgIpc) is 2.55. The van der Waals surface area contributed by atoms with E-state index in [9.17, 15) is 19.5 Å². The number of amides is 1. The Morgan fingerprint density at radius 3 is 2.48 bits per heavy atom. The second-order valence-corrected chi connectivity index (χ2v) is 5.94. The number of ether oxygens (including phenoxy) is 1. The molecule has 1 amide bonds. The van der Waals surface area contributed by atoms with Crippen LogP contribution in [0, 0.1) is 11.8 Å². The minimum atomic E-state index is -0.964. The monoisotopic (exact) mass is 339 g/mol. The fourth-order valence-corrected chi connectivity index (χ4v) is 3.04. The Morgan fingerprint density at radius 1 is 1.22 bits per heavy atom. The molecule has 124 valence electrons. The van der Waals surface area contributed by atoms with Crippen LogP contribution in [0.3, 0.4) is 0 Å². The first-order valence-corrected chi connectivity index (χ1v) is 7.73. The maximum atomic E-state index is 12.5. The highest BCUT2D eigenvalue weighted by Crippen LogP contribution is 2.32. The van der Waals surface area contributed by atoms with Crippen LogP contribution >= 0.6 is 11.6 Å². The summed E-state index contributed by atoms with van der Waals surface area (Å²) in [5.41, 5.74) is 0.400. The molecule has 0 aromatic heterocycles. The summed E-state index contributed by atoms with van der Waals surface area (Å²) in [6.07, 6.45) is 2.61. The zero-order valence-electron chi connectivity index (χ0n) is 12.7. The number of carboxylic acids is 1. The van der Waals surface area contributed by atoms with Crippen LogP contribution < -0.4 is 5.32 Å². The first kappa shape index (κ1) is 17.3. The number of rotatable bonds is 4. The number of anilines is 1. The third-order valence-corrected chi connectivity index (χ3v) is 4.30. The Bertz CT molecular complexity index is 631. The van der Waals surface area contributed by atoms with Crippen molar-refractivity contribution in [2.45, 2.75) is 25.7 Å². The lowest BCUT2D eigenvalue weighted by Crippen LogP contribution is -2.36. The molecule has 0 saturated heterocycles. The summed E-state index contributed by atoms with van der Waals surface area (Å²) in [6.45, 7) is 0. The molecule has 0 heterocycles. The van der Waals surface area contributed by atoms with Crippen LogP contribution in [0.5, 0.6) is 0 Å². The molecule has 1 aromatic rings. The number of halogens is 1. The topological polar surface area (TPSA) is 92.7 Å². The van der Waals surface area contributed by atoms with Crippen LogP contribution in [0.15, 0.2) is 18.2 Å². The van der Waals surface area contributed by atoms with E-state index in [1.165, 1.54) is 19.2 Å². The highest BCUT2D eigenvalue weighted by atomic mass is 35.5. The van der Waals surface area contributed by atoms with Gasteiger partial charge >= 0.3 is 11.9 Å². The number of carboxylic acid groups (broad SMARTS) is 1. The molecule has 0 spiro atoms. The van der Waals surface area contributed by atoms with E-state index < -0.39 is 29.7 Å². The lowest BCUT2D eigenvalue weighted by Gasteiger charge is -2.27. The number of hydrogen-bond acceptors (Lipinski definition) is 4. The van der Waals surface area contributed by atoms with Gasteiger partial charge in [0.25, 0.3) is 0 Å². The zero-order valence-corrected chi connectivity index (χ0v) is 13.4. The van der Waals surface area contributed by atoms with E-state index >= 15 is 0 Å². The van der Waals surface area contributed by atoms with E-state index in [1.54, 1.807) is 6.07 Å². The summed E-state index contributed by atoms with van der Waals surface area (Å²) in [7, 11) is 1.23. The van der Waals surface area contributed by atoms with E-state index in [0.29, 0.717) is 17.9 Å². The van der Waals surface area contributed by atoms with E-state index in [1.807, 2.05) is 0 Å². The highest BCUT2D eigenvalue weighted by Gasteiger charge is 2.36. The quantitative estimate of drug-likeness (QED) is 0.823. The number of aliphatic carboxylic acids is 1. The summed E-state index contributed by atoms with van der Waals surface area (Å²) >= 11 is 5.87. The zero-order chi connectivity index (χ0) is 17.0. The predicted molar refractivity (Wildman–Crippen MR) is 84.5 cm³/mol. The minimum Gasteiger partial charge on any atom is -0.481 e. The van der Waals surface area contributed by atoms with Crippen molar-refractivity contribution >= 4 is 35.1 Å². The van der Waals surface area contributed by atoms with Gasteiger partial charge in [0.1, 0.15) is 0 Å². The standard InChI is InChI=1S/C16H18ClNO5/c1-23-16(22)12-8-9(17)6-7-13(12)18-14(19)10-4-2-3-5-11(10)15(20)21/h6-8,10-11H,2-5H2,1H3,(H,18,19)(H,20,21)/t10-,11+/m1/s1. The van der Waals surface area contributed by atoms with Crippen molar-refractivity contribution < 1.29 is 24.2 Å². The number of benzene rings is 1. The molecule has 23 heavy (non-hydrogen) atoms. The third kappa shape index (κ3) is 4.01. The van der Waals surface area contributed by atoms with Crippen molar-refractivity contribution in [3.8, 4) is 0 Å². The molecule has 0 radical (unpaired) electrons. The number of carbonyl (C=O) groups excluding carboxylic acids is 2. The summed E-state index contributed by atoms with van der Waals surface area (Å²) in [4.78, 5) is 35.6. The fourth-order valence-electron chi connectivity index (χ4n) is 2.87. The van der Waals surface area contributed by atoms with Crippen molar-refractivity contribution in [3.05, 3.63) is 28.8 Å². The molecule has 0 unspecified atom stereocenters. The first-order chi connectivity index (χ1) is 10.9. The molecular formula is C16H18ClNO5. The fraction of sp³-hybridized carbons (Fsp3) is 0.438. The van der Waals surface area contributed by atoms with Gasteiger partial charge < -0.3 is 15.2 Å². The van der Waals surface area contributed by atoms with E-state index in [-0.39, 0.29) is 11.3 Å². The van der Waals surface area contributed by atoms with Gasteiger partial charge in [-0.2, -0.15) is 0 Å². The maximum absolute atomic E-state index is 12.5. The molecule has 1 fully saturated rings. The van der Waals surface area contributed by atoms with Crippen LogP contribution in [-0.2, 0) is 14.3 Å². The van der Waals surface area contributed by atoms with Gasteiger partial charge in [-0.15, -0.1) is 0 Å². The molecule has 7 heteroatoms. The normalized spacial score (nSPS) is 20.6. The Labute approximate surface area is 138 Å². The van der Waals surface area contributed by atoms with Gasteiger partial charge in [0.05, 0.1) is 30.2 Å². The molecule has 0 aliphatic heterocycles. The van der Waals surface area contributed by atoms with Gasteiger partial charge in [0.2, 0.25) is 5.91 Å². The Kier molecular flexibility index (Phi) is 5.60. The molecule has 2 rings (SSSR count). The van der Waals surface area contributed by atoms with Crippen molar-refractivity contribution in [1.82, 2.24) is 0 Å². The van der Waals surface area contributed by atoms with E-state index in [0.717, 1.165) is 12.8 Å². The number of hydrogen-bond donors (Lipinski definition) is 2. The molecular weight excluding hydrogens is 322 g/mol. The lowest BCUT2D eigenvalue weighted by atomic mass is 9.78. The molecule has 1 aliphatic carbocycles. The maximum Gasteiger partial charge on any atom is 0.340 e.